The van der Waals surface area contributed by atoms with Crippen LogP contribution in [0.2, 0.25) is 0 Å². The van der Waals surface area contributed by atoms with E-state index in [0.717, 1.165) is 10.5 Å². The molecule has 1 aromatic rings. The molecular formula is C12H16ClNOS. The Labute approximate surface area is 106 Å². The fourth-order valence-electron chi connectivity index (χ4n) is 1.42. The zero-order valence-corrected chi connectivity index (χ0v) is 11.1. The largest absolute Gasteiger partial charge is 0.338 e. The lowest BCUT2D eigenvalue weighted by Crippen LogP contribution is -2.32. The van der Waals surface area contributed by atoms with Gasteiger partial charge < -0.3 is 4.90 Å². The van der Waals surface area contributed by atoms with Gasteiger partial charge in [0.2, 0.25) is 0 Å². The Morgan fingerprint density at radius 1 is 1.38 bits per heavy atom. The van der Waals surface area contributed by atoms with Crippen LogP contribution >= 0.6 is 23.4 Å². The van der Waals surface area contributed by atoms with Gasteiger partial charge in [0.05, 0.1) is 0 Å². The van der Waals surface area contributed by atoms with Crippen molar-refractivity contribution < 1.29 is 4.79 Å². The summed E-state index contributed by atoms with van der Waals surface area (Å²) in [6.07, 6.45) is 2.02. The minimum atomic E-state index is 0.0517. The van der Waals surface area contributed by atoms with Crippen molar-refractivity contribution in [3.05, 3.63) is 29.8 Å². The Morgan fingerprint density at radius 3 is 2.44 bits per heavy atom. The zero-order valence-electron chi connectivity index (χ0n) is 9.57. The Kier molecular flexibility index (Phi) is 5.71. The first-order valence-electron chi connectivity index (χ1n) is 5.22. The third kappa shape index (κ3) is 3.42. The van der Waals surface area contributed by atoms with Gasteiger partial charge in [-0.05, 0) is 37.4 Å². The lowest BCUT2D eigenvalue weighted by atomic mass is 10.2. The molecule has 0 bridgehead atoms. The molecule has 0 aliphatic carbocycles. The highest BCUT2D eigenvalue weighted by atomic mass is 35.5. The molecule has 1 rings (SSSR count). The number of hydrogen-bond donors (Lipinski definition) is 0. The summed E-state index contributed by atoms with van der Waals surface area (Å²) in [6, 6.07) is 7.66. The molecule has 0 aromatic heterocycles. The maximum atomic E-state index is 12.0. The van der Waals surface area contributed by atoms with Crippen LogP contribution in [0, 0.1) is 0 Å². The van der Waals surface area contributed by atoms with E-state index >= 15 is 0 Å². The Hall–Kier alpha value is -0.670. The first-order chi connectivity index (χ1) is 7.72. The number of amides is 1. The number of carbonyl (C=O) groups excluding carboxylic acids is 1. The molecule has 0 spiro atoms. The van der Waals surface area contributed by atoms with E-state index < -0.39 is 0 Å². The molecule has 0 atom stereocenters. The molecular weight excluding hydrogens is 242 g/mol. The van der Waals surface area contributed by atoms with E-state index in [1.54, 1.807) is 16.7 Å². The lowest BCUT2D eigenvalue weighted by Gasteiger charge is -2.19. The number of carbonyl (C=O) groups is 1. The van der Waals surface area contributed by atoms with E-state index in [9.17, 15) is 4.79 Å². The maximum absolute atomic E-state index is 12.0. The molecule has 0 heterocycles. The average Bonchev–Trinajstić information content (AvgIpc) is 2.35. The van der Waals surface area contributed by atoms with Gasteiger partial charge in [0.15, 0.2) is 0 Å². The fourth-order valence-corrected chi connectivity index (χ4v) is 2.03. The molecule has 0 radical (unpaired) electrons. The molecule has 1 aromatic carbocycles. The maximum Gasteiger partial charge on any atom is 0.253 e. The third-order valence-electron chi connectivity index (χ3n) is 2.36. The zero-order chi connectivity index (χ0) is 12.0. The standard InChI is InChI=1S/C12H16ClNOS/c1-3-14(9-8-13)12(15)10-4-6-11(16-2)7-5-10/h4-7H,3,8-9H2,1-2H3. The monoisotopic (exact) mass is 257 g/mol. The SMILES string of the molecule is CCN(CCCl)C(=O)c1ccc(SC)cc1. The summed E-state index contributed by atoms with van der Waals surface area (Å²) in [5.41, 5.74) is 0.727. The number of halogens is 1. The second kappa shape index (κ2) is 6.81. The quantitative estimate of drug-likeness (QED) is 0.597. The van der Waals surface area contributed by atoms with Gasteiger partial charge in [-0.3, -0.25) is 4.79 Å². The first-order valence-corrected chi connectivity index (χ1v) is 6.98. The van der Waals surface area contributed by atoms with Crippen LogP contribution in [-0.4, -0.2) is 36.0 Å². The van der Waals surface area contributed by atoms with Crippen molar-refractivity contribution >= 4 is 29.3 Å². The van der Waals surface area contributed by atoms with Crippen molar-refractivity contribution in [1.29, 1.82) is 0 Å². The molecule has 1 amide bonds. The second-order valence-electron chi connectivity index (χ2n) is 3.30. The summed E-state index contributed by atoms with van der Waals surface area (Å²) in [6.45, 7) is 3.25. The molecule has 16 heavy (non-hydrogen) atoms. The predicted molar refractivity (Wildman–Crippen MR) is 70.5 cm³/mol. The van der Waals surface area contributed by atoms with Gasteiger partial charge in [-0.15, -0.1) is 23.4 Å². The molecule has 0 fully saturated rings. The van der Waals surface area contributed by atoms with Gasteiger partial charge in [0.25, 0.3) is 5.91 Å². The van der Waals surface area contributed by atoms with Crippen molar-refractivity contribution in [1.82, 2.24) is 4.90 Å². The summed E-state index contributed by atoms with van der Waals surface area (Å²) in [7, 11) is 0. The minimum Gasteiger partial charge on any atom is -0.338 e. The van der Waals surface area contributed by atoms with Crippen LogP contribution in [-0.2, 0) is 0 Å². The molecule has 0 saturated heterocycles. The van der Waals surface area contributed by atoms with Gasteiger partial charge in [0.1, 0.15) is 0 Å². The van der Waals surface area contributed by atoms with E-state index in [0.29, 0.717) is 19.0 Å². The van der Waals surface area contributed by atoms with Gasteiger partial charge in [0, 0.05) is 29.4 Å². The normalized spacial score (nSPS) is 10.2. The summed E-state index contributed by atoms with van der Waals surface area (Å²) >= 11 is 7.32. The Bertz CT molecular complexity index is 339. The summed E-state index contributed by atoms with van der Waals surface area (Å²) in [5, 5.41) is 0. The van der Waals surface area contributed by atoms with Gasteiger partial charge in [-0.25, -0.2) is 0 Å². The molecule has 2 nitrogen and oxygen atoms in total. The van der Waals surface area contributed by atoms with E-state index in [2.05, 4.69) is 0 Å². The lowest BCUT2D eigenvalue weighted by molar-refractivity contribution is 0.0774. The topological polar surface area (TPSA) is 20.3 Å². The molecule has 0 aliphatic heterocycles. The van der Waals surface area contributed by atoms with E-state index in [1.165, 1.54) is 0 Å². The molecule has 0 unspecified atom stereocenters. The first kappa shape index (κ1) is 13.4. The predicted octanol–water partition coefficient (Wildman–Crippen LogP) is 3.11. The van der Waals surface area contributed by atoms with Crippen LogP contribution in [0.5, 0.6) is 0 Å². The highest BCUT2D eigenvalue weighted by Crippen LogP contribution is 2.15. The van der Waals surface area contributed by atoms with Crippen molar-refractivity contribution in [3.8, 4) is 0 Å². The van der Waals surface area contributed by atoms with Gasteiger partial charge in [-0.2, -0.15) is 0 Å². The number of nitrogens with zero attached hydrogens (tertiary/aromatic N) is 1. The number of alkyl halides is 1. The average molecular weight is 258 g/mol. The highest BCUT2D eigenvalue weighted by molar-refractivity contribution is 7.98. The summed E-state index contributed by atoms with van der Waals surface area (Å²) in [5.74, 6) is 0.526. The van der Waals surface area contributed by atoms with Gasteiger partial charge >= 0.3 is 0 Å². The van der Waals surface area contributed by atoms with Crippen LogP contribution in [0.25, 0.3) is 0 Å². The van der Waals surface area contributed by atoms with Crippen LogP contribution < -0.4 is 0 Å². The summed E-state index contributed by atoms with van der Waals surface area (Å²) < 4.78 is 0. The highest BCUT2D eigenvalue weighted by Gasteiger charge is 2.12. The number of rotatable bonds is 5. The van der Waals surface area contributed by atoms with Crippen molar-refractivity contribution in [2.24, 2.45) is 0 Å². The fraction of sp³-hybridized carbons (Fsp3) is 0.417. The Balaban J connectivity index is 2.78. The minimum absolute atomic E-state index is 0.0517. The summed E-state index contributed by atoms with van der Waals surface area (Å²) in [4.78, 5) is 14.9. The number of hydrogen-bond acceptors (Lipinski definition) is 2. The molecule has 0 saturated carbocycles. The van der Waals surface area contributed by atoms with Crippen LogP contribution in [0.1, 0.15) is 17.3 Å². The van der Waals surface area contributed by atoms with E-state index in [4.69, 9.17) is 11.6 Å². The molecule has 0 aliphatic rings. The molecule has 4 heteroatoms. The number of benzene rings is 1. The van der Waals surface area contributed by atoms with Crippen molar-refractivity contribution in [3.63, 3.8) is 0 Å². The smallest absolute Gasteiger partial charge is 0.253 e. The second-order valence-corrected chi connectivity index (χ2v) is 4.56. The van der Waals surface area contributed by atoms with Crippen molar-refractivity contribution in [2.75, 3.05) is 25.2 Å². The number of thioether (sulfide) groups is 1. The third-order valence-corrected chi connectivity index (χ3v) is 3.27. The van der Waals surface area contributed by atoms with Crippen molar-refractivity contribution in [2.45, 2.75) is 11.8 Å². The van der Waals surface area contributed by atoms with Crippen LogP contribution in [0.15, 0.2) is 29.2 Å². The van der Waals surface area contributed by atoms with E-state index in [-0.39, 0.29) is 5.91 Å². The van der Waals surface area contributed by atoms with E-state index in [1.807, 2.05) is 37.4 Å². The van der Waals surface area contributed by atoms with Gasteiger partial charge in [-0.1, -0.05) is 0 Å². The van der Waals surface area contributed by atoms with Crippen LogP contribution in [0.3, 0.4) is 0 Å². The molecule has 88 valence electrons. The molecule has 0 N–H and O–H groups in total. The Morgan fingerprint density at radius 2 is 2.00 bits per heavy atom. The van der Waals surface area contributed by atoms with Crippen LogP contribution in [0.4, 0.5) is 0 Å².